The van der Waals surface area contributed by atoms with Gasteiger partial charge in [0, 0.05) is 18.4 Å². The number of nitrogens with zero attached hydrogens (tertiary/aromatic N) is 1. The highest BCUT2D eigenvalue weighted by atomic mass is 16.5. The van der Waals surface area contributed by atoms with Crippen LogP contribution < -0.4 is 0 Å². The molecule has 0 radical (unpaired) electrons. The molecule has 0 aliphatic carbocycles. The maximum absolute atomic E-state index is 11.9. The summed E-state index contributed by atoms with van der Waals surface area (Å²) in [6.45, 7) is 10.2. The van der Waals surface area contributed by atoms with Crippen LogP contribution in [0.4, 0.5) is 0 Å². The van der Waals surface area contributed by atoms with Crippen molar-refractivity contribution in [1.82, 2.24) is 5.06 Å². The van der Waals surface area contributed by atoms with E-state index in [9.17, 15) is 10.0 Å². The van der Waals surface area contributed by atoms with Crippen molar-refractivity contribution >= 4 is 5.78 Å². The molecule has 1 aliphatic heterocycles. The molecule has 0 amide bonds. The van der Waals surface area contributed by atoms with E-state index in [0.29, 0.717) is 12.8 Å². The van der Waals surface area contributed by atoms with Crippen LogP contribution in [-0.4, -0.2) is 27.1 Å². The summed E-state index contributed by atoms with van der Waals surface area (Å²) in [4.78, 5) is 11.9. The predicted octanol–water partition coefficient (Wildman–Crippen LogP) is 3.01. The lowest BCUT2D eigenvalue weighted by molar-refractivity contribution is -0.243. The smallest absolute Gasteiger partial charge is 0.135 e. The minimum absolute atomic E-state index is 0.198. The maximum Gasteiger partial charge on any atom is 0.135 e. The Balaban J connectivity index is 3.15. The fourth-order valence-electron chi connectivity index (χ4n) is 2.73. The minimum atomic E-state index is -0.410. The molecule has 0 bridgehead atoms. The molecule has 0 spiro atoms. The van der Waals surface area contributed by atoms with Gasteiger partial charge in [0.15, 0.2) is 0 Å². The monoisotopic (exact) mass is 227 g/mol. The summed E-state index contributed by atoms with van der Waals surface area (Å²) in [5, 5.41) is 12.0. The number of hydroxylamine groups is 2. The highest BCUT2D eigenvalue weighted by Gasteiger charge is 2.48. The molecule has 0 aromatic rings. The number of hydrogen-bond donors (Lipinski definition) is 1. The Hall–Kier alpha value is -0.410. The Morgan fingerprint density at radius 3 is 2.38 bits per heavy atom. The Kier molecular flexibility index (Phi) is 3.80. The number of carbonyl (C=O) groups is 1. The van der Waals surface area contributed by atoms with Gasteiger partial charge in [0.2, 0.25) is 0 Å². The van der Waals surface area contributed by atoms with Crippen LogP contribution >= 0.6 is 0 Å². The molecule has 0 aromatic heterocycles. The van der Waals surface area contributed by atoms with Crippen molar-refractivity contribution in [3.05, 3.63) is 0 Å². The fourth-order valence-corrected chi connectivity index (χ4v) is 2.73. The van der Waals surface area contributed by atoms with Crippen molar-refractivity contribution in [2.75, 3.05) is 0 Å². The van der Waals surface area contributed by atoms with Crippen LogP contribution in [0.3, 0.4) is 0 Å². The lowest BCUT2D eigenvalue weighted by Gasteiger charge is -2.47. The topological polar surface area (TPSA) is 40.5 Å². The van der Waals surface area contributed by atoms with Gasteiger partial charge in [-0.3, -0.25) is 4.79 Å². The molecule has 3 atom stereocenters. The highest BCUT2D eigenvalue weighted by molar-refractivity contribution is 5.80. The lowest BCUT2D eigenvalue weighted by Crippen LogP contribution is -2.57. The van der Waals surface area contributed by atoms with Crippen LogP contribution in [-0.2, 0) is 4.79 Å². The van der Waals surface area contributed by atoms with E-state index in [2.05, 4.69) is 20.8 Å². The van der Waals surface area contributed by atoms with Gasteiger partial charge >= 0.3 is 0 Å². The molecule has 16 heavy (non-hydrogen) atoms. The third kappa shape index (κ3) is 2.03. The van der Waals surface area contributed by atoms with Crippen LogP contribution in [0.15, 0.2) is 0 Å². The maximum atomic E-state index is 11.9. The highest BCUT2D eigenvalue weighted by Crippen LogP contribution is 2.40. The summed E-state index contributed by atoms with van der Waals surface area (Å²) in [6, 6.07) is 0. The van der Waals surface area contributed by atoms with Gasteiger partial charge in [-0.15, -0.1) is 0 Å². The minimum Gasteiger partial charge on any atom is -0.313 e. The molecule has 1 fully saturated rings. The van der Waals surface area contributed by atoms with Gasteiger partial charge in [0.05, 0.1) is 5.54 Å². The van der Waals surface area contributed by atoms with Gasteiger partial charge in [-0.1, -0.05) is 20.8 Å². The quantitative estimate of drug-likeness (QED) is 0.788. The summed E-state index contributed by atoms with van der Waals surface area (Å²) in [5.74, 6) is 0.469. The van der Waals surface area contributed by atoms with Gasteiger partial charge in [-0.05, 0) is 32.6 Å². The first-order chi connectivity index (χ1) is 7.30. The molecule has 0 saturated carbocycles. The van der Waals surface area contributed by atoms with Crippen LogP contribution in [0.1, 0.15) is 60.3 Å². The van der Waals surface area contributed by atoms with Crippen molar-refractivity contribution in [2.45, 2.75) is 71.4 Å². The molecular weight excluding hydrogens is 202 g/mol. The van der Waals surface area contributed by atoms with E-state index in [1.807, 2.05) is 13.8 Å². The van der Waals surface area contributed by atoms with Crippen LogP contribution in [0.25, 0.3) is 0 Å². The van der Waals surface area contributed by atoms with Crippen molar-refractivity contribution in [2.24, 2.45) is 5.92 Å². The van der Waals surface area contributed by atoms with Crippen LogP contribution in [0.2, 0.25) is 0 Å². The van der Waals surface area contributed by atoms with Gasteiger partial charge in [-0.25, -0.2) is 0 Å². The predicted molar refractivity (Wildman–Crippen MR) is 64.4 cm³/mol. The molecule has 1 aliphatic rings. The van der Waals surface area contributed by atoms with Gasteiger partial charge in [0.1, 0.15) is 5.78 Å². The Morgan fingerprint density at radius 1 is 1.38 bits per heavy atom. The van der Waals surface area contributed by atoms with Crippen molar-refractivity contribution in [3.8, 4) is 0 Å². The van der Waals surface area contributed by atoms with Gasteiger partial charge in [0.25, 0.3) is 0 Å². The largest absolute Gasteiger partial charge is 0.313 e. The van der Waals surface area contributed by atoms with E-state index in [4.69, 9.17) is 0 Å². The SMILES string of the molecule is CCC1(C)CC(=O)CC(C)C(C)(CC)N1O. The first kappa shape index (κ1) is 13.7. The molecule has 0 aromatic carbocycles. The number of hydrogen-bond acceptors (Lipinski definition) is 3. The second-order valence-corrected chi connectivity index (χ2v) is 5.69. The summed E-state index contributed by atoms with van der Waals surface area (Å²) in [5.41, 5.74) is -0.705. The van der Waals surface area contributed by atoms with E-state index in [0.717, 1.165) is 12.8 Å². The van der Waals surface area contributed by atoms with E-state index >= 15 is 0 Å². The second kappa shape index (κ2) is 4.46. The average molecular weight is 227 g/mol. The third-order valence-electron chi connectivity index (χ3n) is 4.65. The first-order valence-electron chi connectivity index (χ1n) is 6.31. The molecule has 1 N–H and O–H groups in total. The van der Waals surface area contributed by atoms with Crippen LogP contribution in [0.5, 0.6) is 0 Å². The molecule has 3 unspecified atom stereocenters. The standard InChI is InChI=1S/C13H25NO2/c1-6-12(4)9-11(15)8-10(3)13(5,7-2)14(12)16/h10,16H,6-9H2,1-5H3. The lowest BCUT2D eigenvalue weighted by atomic mass is 9.81. The van der Waals surface area contributed by atoms with E-state index in [-0.39, 0.29) is 17.2 Å². The summed E-state index contributed by atoms with van der Waals surface area (Å²) < 4.78 is 0. The number of Topliss-reactive ketones (excluding diaryl/α,β-unsaturated/α-hetero) is 1. The number of carbonyl (C=O) groups excluding carboxylic acids is 1. The summed E-state index contributed by atoms with van der Waals surface area (Å²) in [6.07, 6.45) is 2.68. The van der Waals surface area contributed by atoms with E-state index in [1.165, 1.54) is 5.06 Å². The van der Waals surface area contributed by atoms with Crippen molar-refractivity contribution < 1.29 is 10.0 Å². The molecule has 3 heteroatoms. The Labute approximate surface area is 98.8 Å². The third-order valence-corrected chi connectivity index (χ3v) is 4.65. The molecule has 3 nitrogen and oxygen atoms in total. The van der Waals surface area contributed by atoms with E-state index < -0.39 is 5.54 Å². The second-order valence-electron chi connectivity index (χ2n) is 5.69. The van der Waals surface area contributed by atoms with Crippen LogP contribution in [0, 0.1) is 5.92 Å². The Bertz CT molecular complexity index is 279. The molecule has 1 heterocycles. The molecule has 1 saturated heterocycles. The number of ketones is 1. The molecule has 94 valence electrons. The summed E-state index contributed by atoms with van der Waals surface area (Å²) in [7, 11) is 0. The zero-order valence-electron chi connectivity index (χ0n) is 11.2. The van der Waals surface area contributed by atoms with E-state index in [1.54, 1.807) is 0 Å². The number of rotatable bonds is 2. The first-order valence-corrected chi connectivity index (χ1v) is 6.31. The normalized spacial score (nSPS) is 42.1. The zero-order valence-corrected chi connectivity index (χ0v) is 11.2. The van der Waals surface area contributed by atoms with Crippen molar-refractivity contribution in [1.29, 1.82) is 0 Å². The molecule has 1 rings (SSSR count). The summed E-state index contributed by atoms with van der Waals surface area (Å²) >= 11 is 0. The average Bonchev–Trinajstić information content (AvgIpc) is 2.30. The van der Waals surface area contributed by atoms with Gasteiger partial charge < -0.3 is 5.21 Å². The zero-order chi connectivity index (χ0) is 12.6. The van der Waals surface area contributed by atoms with Crippen molar-refractivity contribution in [3.63, 3.8) is 0 Å². The Morgan fingerprint density at radius 2 is 1.94 bits per heavy atom. The van der Waals surface area contributed by atoms with Gasteiger partial charge in [-0.2, -0.15) is 5.06 Å². The molecular formula is C13H25NO2. The fraction of sp³-hybridized carbons (Fsp3) is 0.923.